The quantitative estimate of drug-likeness (QED) is 0.334. The summed E-state index contributed by atoms with van der Waals surface area (Å²) in [4.78, 5) is 25.6. The van der Waals surface area contributed by atoms with E-state index < -0.39 is 9.74 Å². The number of hydrogen-bond donors (Lipinski definition) is 0. The van der Waals surface area contributed by atoms with Crippen LogP contribution in [-0.4, -0.2) is 23.2 Å². The Kier molecular flexibility index (Phi) is 5.27. The van der Waals surface area contributed by atoms with Crippen LogP contribution in [0.25, 0.3) is 0 Å². The third-order valence-electron chi connectivity index (χ3n) is 5.02. The van der Waals surface area contributed by atoms with Gasteiger partial charge in [0.25, 0.3) is 0 Å². The lowest BCUT2D eigenvalue weighted by atomic mass is 9.69. The molecule has 2 aliphatic rings. The minimum atomic E-state index is -0.897. The van der Waals surface area contributed by atoms with E-state index in [1.54, 1.807) is 0 Å². The van der Waals surface area contributed by atoms with Gasteiger partial charge in [-0.05, 0) is 25.7 Å². The van der Waals surface area contributed by atoms with Crippen LogP contribution in [0.5, 0.6) is 0 Å². The molecule has 0 heterocycles. The number of ketones is 1. The molecule has 0 unspecified atom stereocenters. The SMILES string of the molecule is COC(=O)C1(C(=O)C2(Br)CCCCC2)CCCCCC1. The highest BCUT2D eigenvalue weighted by molar-refractivity contribution is 9.10. The molecule has 0 radical (unpaired) electrons. The first kappa shape index (κ1) is 16.0. The Morgan fingerprint density at radius 3 is 1.80 bits per heavy atom. The smallest absolute Gasteiger partial charge is 0.319 e. The van der Waals surface area contributed by atoms with Crippen molar-refractivity contribution in [3.8, 4) is 0 Å². The van der Waals surface area contributed by atoms with E-state index in [0.717, 1.165) is 51.4 Å². The minimum Gasteiger partial charge on any atom is -0.468 e. The zero-order valence-corrected chi connectivity index (χ0v) is 14.0. The molecule has 0 spiro atoms. The van der Waals surface area contributed by atoms with Gasteiger partial charge in [0, 0.05) is 0 Å². The van der Waals surface area contributed by atoms with E-state index in [1.807, 2.05) is 0 Å². The molecule has 20 heavy (non-hydrogen) atoms. The average Bonchev–Trinajstić information content (AvgIpc) is 2.73. The monoisotopic (exact) mass is 344 g/mol. The highest BCUT2D eigenvalue weighted by Crippen LogP contribution is 2.47. The summed E-state index contributed by atoms with van der Waals surface area (Å²) in [6.45, 7) is 0. The van der Waals surface area contributed by atoms with E-state index in [2.05, 4.69) is 15.9 Å². The van der Waals surface area contributed by atoms with Crippen molar-refractivity contribution in [1.82, 2.24) is 0 Å². The van der Waals surface area contributed by atoms with Gasteiger partial charge in [-0.15, -0.1) is 0 Å². The lowest BCUT2D eigenvalue weighted by Crippen LogP contribution is -2.50. The van der Waals surface area contributed by atoms with E-state index in [0.29, 0.717) is 12.8 Å². The fourth-order valence-electron chi connectivity index (χ4n) is 3.82. The van der Waals surface area contributed by atoms with E-state index in [1.165, 1.54) is 13.5 Å². The zero-order valence-electron chi connectivity index (χ0n) is 12.4. The Labute approximate surface area is 130 Å². The first-order chi connectivity index (χ1) is 9.55. The molecule has 0 aromatic carbocycles. The Bertz CT molecular complexity index is 364. The van der Waals surface area contributed by atoms with Crippen molar-refractivity contribution in [1.29, 1.82) is 0 Å². The van der Waals surface area contributed by atoms with Crippen molar-refractivity contribution in [2.24, 2.45) is 5.41 Å². The Hall–Kier alpha value is -0.380. The van der Waals surface area contributed by atoms with Gasteiger partial charge in [-0.1, -0.05) is 60.9 Å². The maximum absolute atomic E-state index is 13.2. The van der Waals surface area contributed by atoms with Crippen molar-refractivity contribution in [3.63, 3.8) is 0 Å². The number of hydrogen-bond acceptors (Lipinski definition) is 3. The van der Waals surface area contributed by atoms with Crippen molar-refractivity contribution in [2.45, 2.75) is 75.0 Å². The molecule has 0 amide bonds. The summed E-state index contributed by atoms with van der Waals surface area (Å²) >= 11 is 3.70. The standard InChI is InChI=1S/C16H25BrO3/c1-20-14(19)15(9-5-2-3-6-10-15)13(18)16(17)11-7-4-8-12-16/h2-12H2,1H3. The molecule has 4 heteroatoms. The predicted molar refractivity (Wildman–Crippen MR) is 81.9 cm³/mol. The van der Waals surface area contributed by atoms with Crippen LogP contribution in [0, 0.1) is 5.41 Å². The fraction of sp³-hybridized carbons (Fsp3) is 0.875. The third kappa shape index (κ3) is 2.95. The van der Waals surface area contributed by atoms with Gasteiger partial charge in [0.05, 0.1) is 11.4 Å². The second kappa shape index (κ2) is 6.59. The van der Waals surface area contributed by atoms with Crippen molar-refractivity contribution < 1.29 is 14.3 Å². The lowest BCUT2D eigenvalue weighted by Gasteiger charge is -2.38. The fourth-order valence-corrected chi connectivity index (χ4v) is 4.76. The van der Waals surface area contributed by atoms with Gasteiger partial charge in [-0.3, -0.25) is 9.59 Å². The first-order valence-electron chi connectivity index (χ1n) is 7.87. The molecule has 2 aliphatic carbocycles. The maximum atomic E-state index is 13.2. The van der Waals surface area contributed by atoms with E-state index in [-0.39, 0.29) is 11.8 Å². The molecule has 114 valence electrons. The molecule has 2 fully saturated rings. The summed E-state index contributed by atoms with van der Waals surface area (Å²) in [5.74, 6) is -0.216. The van der Waals surface area contributed by atoms with Gasteiger partial charge in [0.2, 0.25) is 0 Å². The molecule has 0 N–H and O–H groups in total. The van der Waals surface area contributed by atoms with Crippen LogP contribution < -0.4 is 0 Å². The summed E-state index contributed by atoms with van der Waals surface area (Å²) in [7, 11) is 1.41. The van der Waals surface area contributed by atoms with Crippen molar-refractivity contribution in [3.05, 3.63) is 0 Å². The first-order valence-corrected chi connectivity index (χ1v) is 8.67. The summed E-state index contributed by atoms with van der Waals surface area (Å²) in [6.07, 6.45) is 10.5. The van der Waals surface area contributed by atoms with Crippen LogP contribution in [0.2, 0.25) is 0 Å². The number of halogens is 1. The van der Waals surface area contributed by atoms with Gasteiger partial charge in [-0.2, -0.15) is 0 Å². The van der Waals surface area contributed by atoms with Crippen LogP contribution in [0.4, 0.5) is 0 Å². The highest BCUT2D eigenvalue weighted by Gasteiger charge is 2.54. The van der Waals surface area contributed by atoms with Crippen LogP contribution in [0.3, 0.4) is 0 Å². The topological polar surface area (TPSA) is 43.4 Å². The number of Topliss-reactive ketones (excluding diaryl/α,β-unsaturated/α-hetero) is 1. The zero-order chi connectivity index (χ0) is 14.6. The van der Waals surface area contributed by atoms with Crippen molar-refractivity contribution in [2.75, 3.05) is 7.11 Å². The number of carbonyl (C=O) groups excluding carboxylic acids is 2. The number of esters is 1. The molecule has 3 nitrogen and oxygen atoms in total. The number of rotatable bonds is 3. The van der Waals surface area contributed by atoms with E-state index in [9.17, 15) is 9.59 Å². The molecule has 0 saturated heterocycles. The summed E-state index contributed by atoms with van der Waals surface area (Å²) < 4.78 is 4.53. The van der Waals surface area contributed by atoms with E-state index >= 15 is 0 Å². The van der Waals surface area contributed by atoms with Gasteiger partial charge < -0.3 is 4.74 Å². The van der Waals surface area contributed by atoms with Gasteiger partial charge >= 0.3 is 5.97 Å². The summed E-state index contributed by atoms with van der Waals surface area (Å²) in [5.41, 5.74) is -0.897. The number of ether oxygens (including phenoxy) is 1. The van der Waals surface area contributed by atoms with Crippen molar-refractivity contribution >= 4 is 27.7 Å². The average molecular weight is 345 g/mol. The molecule has 0 aromatic rings. The maximum Gasteiger partial charge on any atom is 0.319 e. The highest BCUT2D eigenvalue weighted by atomic mass is 79.9. The summed E-state index contributed by atoms with van der Waals surface area (Å²) in [6, 6.07) is 0. The number of alkyl halides is 1. The molecule has 0 bridgehead atoms. The molecule has 0 aromatic heterocycles. The van der Waals surface area contributed by atoms with Gasteiger partial charge in [-0.25, -0.2) is 0 Å². The van der Waals surface area contributed by atoms with Gasteiger partial charge in [0.15, 0.2) is 5.78 Å². The number of methoxy groups -OCH3 is 1. The van der Waals surface area contributed by atoms with E-state index in [4.69, 9.17) is 4.74 Å². The summed E-state index contributed by atoms with van der Waals surface area (Å²) in [5, 5.41) is 0. The van der Waals surface area contributed by atoms with Crippen LogP contribution in [0.1, 0.15) is 70.6 Å². The molecule has 2 saturated carbocycles. The van der Waals surface area contributed by atoms with Gasteiger partial charge in [0.1, 0.15) is 5.41 Å². The Balaban J connectivity index is 2.29. The second-order valence-corrected chi connectivity index (χ2v) is 7.86. The molecule has 0 aliphatic heterocycles. The minimum absolute atomic E-state index is 0.0958. The molecular formula is C16H25BrO3. The normalized spacial score (nSPS) is 25.5. The molecule has 0 atom stereocenters. The Morgan fingerprint density at radius 1 is 0.850 bits per heavy atom. The molecular weight excluding hydrogens is 320 g/mol. The van der Waals surface area contributed by atoms with Crippen LogP contribution in [0.15, 0.2) is 0 Å². The second-order valence-electron chi connectivity index (χ2n) is 6.34. The van der Waals surface area contributed by atoms with Crippen LogP contribution >= 0.6 is 15.9 Å². The largest absolute Gasteiger partial charge is 0.468 e. The predicted octanol–water partition coefficient (Wildman–Crippen LogP) is 4.17. The molecule has 2 rings (SSSR count). The van der Waals surface area contributed by atoms with Crippen LogP contribution in [-0.2, 0) is 14.3 Å². The number of carbonyl (C=O) groups is 2. The Morgan fingerprint density at radius 2 is 1.30 bits per heavy atom. The lowest BCUT2D eigenvalue weighted by molar-refractivity contribution is -0.160. The third-order valence-corrected chi connectivity index (χ3v) is 6.17.